The van der Waals surface area contributed by atoms with Crippen molar-refractivity contribution < 1.29 is 10.2 Å². The van der Waals surface area contributed by atoms with Gasteiger partial charge in [0.25, 0.3) is 0 Å². The number of hydrogen-bond donors (Lipinski definition) is 2. The third kappa shape index (κ3) is 3.33. The fourth-order valence-electron chi connectivity index (χ4n) is 3.11. The molecular weight excluding hydrogens is 296 g/mol. The Balaban J connectivity index is 2.11. The smallest absolute Gasteiger partial charge is 0.115 e. The van der Waals surface area contributed by atoms with E-state index in [4.69, 9.17) is 0 Å². The summed E-state index contributed by atoms with van der Waals surface area (Å²) in [5.41, 5.74) is 3.36. The Labute approximate surface area is 142 Å². The average Bonchev–Trinajstić information content (AvgIpc) is 2.62. The summed E-state index contributed by atoms with van der Waals surface area (Å²) in [4.78, 5) is 0. The number of phenols is 2. The third-order valence-electron chi connectivity index (χ3n) is 4.30. The topological polar surface area (TPSA) is 40.5 Å². The van der Waals surface area contributed by atoms with E-state index in [2.05, 4.69) is 18.7 Å². The molecule has 0 aliphatic carbocycles. The number of aromatic hydroxyl groups is 2. The van der Waals surface area contributed by atoms with Crippen LogP contribution in [0.2, 0.25) is 0 Å². The van der Waals surface area contributed by atoms with Crippen LogP contribution in [0.15, 0.2) is 91.5 Å². The van der Waals surface area contributed by atoms with Crippen LogP contribution in [0.25, 0.3) is 0 Å². The molecule has 0 aliphatic rings. The number of phenolic OH excluding ortho intramolecular Hbond substituents is 2. The van der Waals surface area contributed by atoms with E-state index in [1.165, 1.54) is 5.56 Å². The van der Waals surface area contributed by atoms with Gasteiger partial charge in [0.05, 0.1) is 0 Å². The van der Waals surface area contributed by atoms with E-state index >= 15 is 0 Å². The van der Waals surface area contributed by atoms with Crippen molar-refractivity contribution in [1.29, 1.82) is 0 Å². The second-order valence-electron chi connectivity index (χ2n) is 5.83. The normalized spacial score (nSPS) is 12.0. The Morgan fingerprint density at radius 3 is 1.50 bits per heavy atom. The van der Waals surface area contributed by atoms with Crippen molar-refractivity contribution in [3.63, 3.8) is 0 Å². The lowest BCUT2D eigenvalue weighted by atomic mass is 9.77. The summed E-state index contributed by atoms with van der Waals surface area (Å²) in [5.74, 6) is 0.627. The molecule has 0 heterocycles. The minimum atomic E-state index is 0.0473. The number of benzene rings is 3. The molecule has 0 aliphatic heterocycles. The molecule has 0 radical (unpaired) electrons. The van der Waals surface area contributed by atoms with E-state index in [0.717, 1.165) is 11.1 Å². The molecule has 2 heteroatoms. The van der Waals surface area contributed by atoms with Gasteiger partial charge < -0.3 is 10.2 Å². The first-order valence-corrected chi connectivity index (χ1v) is 7.94. The van der Waals surface area contributed by atoms with Gasteiger partial charge in [0.2, 0.25) is 0 Å². The Hall–Kier alpha value is -3.00. The van der Waals surface area contributed by atoms with Crippen molar-refractivity contribution >= 4 is 0 Å². The Morgan fingerprint density at radius 1 is 0.625 bits per heavy atom. The Kier molecular flexibility index (Phi) is 4.66. The van der Waals surface area contributed by atoms with Gasteiger partial charge in [0.1, 0.15) is 11.5 Å². The molecule has 1 atom stereocenters. The second kappa shape index (κ2) is 7.05. The van der Waals surface area contributed by atoms with Crippen molar-refractivity contribution in [2.45, 2.75) is 11.8 Å². The SMILES string of the molecule is C=CC(c1ccccc1)C(c1ccc(O)cc1)c1ccc(O)cc1. The molecule has 120 valence electrons. The van der Waals surface area contributed by atoms with Gasteiger partial charge in [-0.25, -0.2) is 0 Å². The summed E-state index contributed by atoms with van der Waals surface area (Å²) in [7, 11) is 0. The molecule has 3 aromatic carbocycles. The minimum absolute atomic E-state index is 0.0473. The van der Waals surface area contributed by atoms with Crippen molar-refractivity contribution in [3.8, 4) is 11.5 Å². The largest absolute Gasteiger partial charge is 0.508 e. The number of rotatable bonds is 5. The van der Waals surface area contributed by atoms with Crippen LogP contribution < -0.4 is 0 Å². The molecule has 0 bridgehead atoms. The highest BCUT2D eigenvalue weighted by atomic mass is 16.3. The molecule has 3 aromatic rings. The first-order valence-electron chi connectivity index (χ1n) is 7.94. The fourth-order valence-corrected chi connectivity index (χ4v) is 3.11. The fraction of sp³-hybridized carbons (Fsp3) is 0.0909. The summed E-state index contributed by atoms with van der Waals surface area (Å²) in [5, 5.41) is 19.2. The summed E-state index contributed by atoms with van der Waals surface area (Å²) in [6.45, 7) is 4.05. The highest BCUT2D eigenvalue weighted by Crippen LogP contribution is 2.40. The summed E-state index contributed by atoms with van der Waals surface area (Å²) >= 11 is 0. The van der Waals surface area contributed by atoms with Crippen LogP contribution in [-0.2, 0) is 0 Å². The van der Waals surface area contributed by atoms with Gasteiger partial charge in [0.15, 0.2) is 0 Å². The monoisotopic (exact) mass is 316 g/mol. The van der Waals surface area contributed by atoms with E-state index < -0.39 is 0 Å². The number of allylic oxidation sites excluding steroid dienone is 1. The molecule has 0 spiro atoms. The van der Waals surface area contributed by atoms with Crippen LogP contribution in [0, 0.1) is 0 Å². The second-order valence-corrected chi connectivity index (χ2v) is 5.83. The van der Waals surface area contributed by atoms with Gasteiger partial charge in [-0.3, -0.25) is 0 Å². The lowest BCUT2D eigenvalue weighted by Gasteiger charge is -2.26. The molecule has 24 heavy (non-hydrogen) atoms. The van der Waals surface area contributed by atoms with Gasteiger partial charge in [-0.1, -0.05) is 60.7 Å². The highest BCUT2D eigenvalue weighted by molar-refractivity contribution is 5.43. The van der Waals surface area contributed by atoms with Crippen LogP contribution >= 0.6 is 0 Å². The first kappa shape index (κ1) is 15.9. The van der Waals surface area contributed by atoms with Gasteiger partial charge in [-0.2, -0.15) is 0 Å². The van der Waals surface area contributed by atoms with Crippen molar-refractivity contribution in [2.75, 3.05) is 0 Å². The summed E-state index contributed by atoms with van der Waals surface area (Å²) in [6.07, 6.45) is 1.96. The highest BCUT2D eigenvalue weighted by Gasteiger charge is 2.24. The van der Waals surface area contributed by atoms with Crippen molar-refractivity contribution in [1.82, 2.24) is 0 Å². The molecular formula is C22H20O2. The molecule has 3 rings (SSSR count). The Morgan fingerprint density at radius 2 is 1.08 bits per heavy atom. The quantitative estimate of drug-likeness (QED) is 0.635. The van der Waals surface area contributed by atoms with Gasteiger partial charge in [0, 0.05) is 11.8 Å². The zero-order chi connectivity index (χ0) is 16.9. The maximum Gasteiger partial charge on any atom is 0.115 e. The van der Waals surface area contributed by atoms with Gasteiger partial charge in [-0.15, -0.1) is 6.58 Å². The molecule has 0 fully saturated rings. The van der Waals surface area contributed by atoms with Crippen molar-refractivity contribution in [3.05, 3.63) is 108 Å². The zero-order valence-corrected chi connectivity index (χ0v) is 13.3. The molecule has 0 saturated heterocycles. The predicted molar refractivity (Wildman–Crippen MR) is 97.4 cm³/mol. The zero-order valence-electron chi connectivity index (χ0n) is 13.3. The van der Waals surface area contributed by atoms with Crippen LogP contribution in [-0.4, -0.2) is 10.2 Å². The van der Waals surface area contributed by atoms with E-state index in [1.807, 2.05) is 48.5 Å². The minimum Gasteiger partial charge on any atom is -0.508 e. The van der Waals surface area contributed by atoms with E-state index in [0.29, 0.717) is 0 Å². The lowest BCUT2D eigenvalue weighted by Crippen LogP contribution is -2.11. The molecule has 0 amide bonds. The maximum atomic E-state index is 9.61. The van der Waals surface area contributed by atoms with Gasteiger partial charge >= 0.3 is 0 Å². The van der Waals surface area contributed by atoms with Crippen LogP contribution in [0.1, 0.15) is 28.5 Å². The molecule has 2 nitrogen and oxygen atoms in total. The van der Waals surface area contributed by atoms with Crippen molar-refractivity contribution in [2.24, 2.45) is 0 Å². The molecule has 1 unspecified atom stereocenters. The number of hydrogen-bond acceptors (Lipinski definition) is 2. The van der Waals surface area contributed by atoms with Crippen LogP contribution in [0.4, 0.5) is 0 Å². The van der Waals surface area contributed by atoms with Gasteiger partial charge in [-0.05, 0) is 41.0 Å². The maximum absolute atomic E-state index is 9.61. The molecule has 2 N–H and O–H groups in total. The summed E-state index contributed by atoms with van der Waals surface area (Å²) < 4.78 is 0. The third-order valence-corrected chi connectivity index (χ3v) is 4.30. The van der Waals surface area contributed by atoms with E-state index in [-0.39, 0.29) is 23.3 Å². The Bertz CT molecular complexity index is 744. The molecule has 0 aromatic heterocycles. The summed E-state index contributed by atoms with van der Waals surface area (Å²) in [6, 6.07) is 24.8. The average molecular weight is 316 g/mol. The van der Waals surface area contributed by atoms with Crippen LogP contribution in [0.3, 0.4) is 0 Å². The lowest BCUT2D eigenvalue weighted by molar-refractivity contribution is 0.475. The predicted octanol–water partition coefficient (Wildman–Crippen LogP) is 5.20. The van der Waals surface area contributed by atoms with Crippen LogP contribution in [0.5, 0.6) is 11.5 Å². The standard InChI is InChI=1S/C22H20O2/c1-2-21(16-6-4-3-5-7-16)22(17-8-12-19(23)13-9-17)18-10-14-20(24)15-11-18/h2-15,21-24H,1H2. The first-order chi connectivity index (χ1) is 11.7. The molecule has 0 saturated carbocycles. The van der Waals surface area contributed by atoms with E-state index in [9.17, 15) is 10.2 Å². The van der Waals surface area contributed by atoms with E-state index in [1.54, 1.807) is 24.3 Å².